The van der Waals surface area contributed by atoms with Gasteiger partial charge in [0.15, 0.2) is 0 Å². The quantitative estimate of drug-likeness (QED) is 0.813. The predicted molar refractivity (Wildman–Crippen MR) is 82.0 cm³/mol. The van der Waals surface area contributed by atoms with Crippen molar-refractivity contribution in [2.45, 2.75) is 26.7 Å². The first-order valence-corrected chi connectivity index (χ1v) is 6.73. The Kier molecular flexibility index (Phi) is 6.13. The summed E-state index contributed by atoms with van der Waals surface area (Å²) >= 11 is 12.0. The van der Waals surface area contributed by atoms with Crippen LogP contribution in [0.15, 0.2) is 40.4 Å². The Morgan fingerprint density at radius 1 is 1.21 bits per heavy atom. The number of halogens is 2. The molecule has 0 aliphatic heterocycles. The second-order valence-corrected chi connectivity index (χ2v) is 5.37. The van der Waals surface area contributed by atoms with Gasteiger partial charge in [-0.2, -0.15) is 0 Å². The van der Waals surface area contributed by atoms with E-state index in [0.29, 0.717) is 22.9 Å². The van der Waals surface area contributed by atoms with Crippen LogP contribution < -0.4 is 5.73 Å². The minimum atomic E-state index is -0.286. The van der Waals surface area contributed by atoms with Gasteiger partial charge in [-0.25, -0.2) is 0 Å². The molecule has 0 heterocycles. The molecule has 0 atom stereocenters. The van der Waals surface area contributed by atoms with Crippen LogP contribution in [0.2, 0.25) is 0 Å². The maximum absolute atomic E-state index is 10.7. The number of amides is 1. The van der Waals surface area contributed by atoms with Crippen LogP contribution in [-0.2, 0) is 11.2 Å². The first kappa shape index (κ1) is 15.8. The monoisotopic (exact) mass is 297 g/mol. The van der Waals surface area contributed by atoms with Crippen molar-refractivity contribution in [3.05, 3.63) is 51.5 Å². The molecule has 19 heavy (non-hydrogen) atoms. The van der Waals surface area contributed by atoms with Gasteiger partial charge in [0.25, 0.3) is 0 Å². The number of carbonyl (C=O) groups excluding carboxylic acids is 1. The van der Waals surface area contributed by atoms with Gasteiger partial charge in [0.1, 0.15) is 0 Å². The van der Waals surface area contributed by atoms with Crippen molar-refractivity contribution in [1.82, 2.24) is 0 Å². The Balaban J connectivity index is 2.87. The third-order valence-electron chi connectivity index (χ3n) is 2.73. The van der Waals surface area contributed by atoms with E-state index in [4.69, 9.17) is 28.9 Å². The summed E-state index contributed by atoms with van der Waals surface area (Å²) in [6.07, 6.45) is 2.75. The molecule has 2 nitrogen and oxygen atoms in total. The van der Waals surface area contributed by atoms with E-state index in [-0.39, 0.29) is 5.91 Å². The first-order valence-electron chi connectivity index (χ1n) is 5.98. The molecular weight excluding hydrogens is 281 g/mol. The largest absolute Gasteiger partial charge is 0.370 e. The van der Waals surface area contributed by atoms with E-state index in [1.54, 1.807) is 13.0 Å². The summed E-state index contributed by atoms with van der Waals surface area (Å²) in [5.74, 6) is -0.286. The Labute approximate surface area is 123 Å². The molecule has 1 rings (SSSR count). The van der Waals surface area contributed by atoms with Crippen LogP contribution in [0, 0.1) is 0 Å². The molecule has 102 valence electrons. The summed E-state index contributed by atoms with van der Waals surface area (Å²) in [5, 5.41) is 1.26. The molecule has 0 fully saturated rings. The van der Waals surface area contributed by atoms with Crippen molar-refractivity contribution in [3.63, 3.8) is 0 Å². The molecule has 0 saturated carbocycles. The highest BCUT2D eigenvalue weighted by Crippen LogP contribution is 2.24. The van der Waals surface area contributed by atoms with Crippen molar-refractivity contribution in [2.75, 3.05) is 0 Å². The zero-order chi connectivity index (χ0) is 14.4. The molecular formula is C15H17Cl2NO. The molecule has 0 radical (unpaired) electrons. The highest BCUT2D eigenvalue weighted by atomic mass is 35.5. The number of allylic oxidation sites excluding steroid dienone is 4. The van der Waals surface area contributed by atoms with Gasteiger partial charge in [-0.1, -0.05) is 47.5 Å². The van der Waals surface area contributed by atoms with E-state index >= 15 is 0 Å². The Morgan fingerprint density at radius 3 is 2.26 bits per heavy atom. The van der Waals surface area contributed by atoms with E-state index in [0.717, 1.165) is 16.7 Å². The molecule has 0 spiro atoms. The Bertz CT molecular complexity index is 511. The molecule has 0 aliphatic carbocycles. The van der Waals surface area contributed by atoms with E-state index in [9.17, 15) is 4.79 Å². The van der Waals surface area contributed by atoms with Crippen molar-refractivity contribution in [1.29, 1.82) is 0 Å². The van der Waals surface area contributed by atoms with Crippen molar-refractivity contribution < 1.29 is 4.79 Å². The fourth-order valence-corrected chi connectivity index (χ4v) is 2.05. The van der Waals surface area contributed by atoms with Crippen molar-refractivity contribution >= 4 is 34.7 Å². The molecule has 1 aromatic rings. The first-order chi connectivity index (χ1) is 8.90. The van der Waals surface area contributed by atoms with Crippen LogP contribution in [0.3, 0.4) is 0 Å². The van der Waals surface area contributed by atoms with Gasteiger partial charge in [0.05, 0.1) is 0 Å². The number of hydrogen-bond acceptors (Lipinski definition) is 1. The summed E-state index contributed by atoms with van der Waals surface area (Å²) in [4.78, 5) is 10.7. The molecule has 0 unspecified atom stereocenters. The lowest BCUT2D eigenvalue weighted by molar-refractivity contribution is -0.117. The van der Waals surface area contributed by atoms with Gasteiger partial charge in [0.2, 0.25) is 5.91 Å². The number of benzene rings is 1. The van der Waals surface area contributed by atoms with E-state index in [1.807, 2.05) is 31.2 Å². The molecule has 0 aromatic heterocycles. The van der Waals surface area contributed by atoms with Gasteiger partial charge >= 0.3 is 0 Å². The van der Waals surface area contributed by atoms with E-state index < -0.39 is 0 Å². The topological polar surface area (TPSA) is 43.1 Å². The highest BCUT2D eigenvalue weighted by molar-refractivity contribution is 6.36. The number of primary amides is 1. The minimum Gasteiger partial charge on any atom is -0.370 e. The lowest BCUT2D eigenvalue weighted by atomic mass is 10.0. The van der Waals surface area contributed by atoms with Crippen LogP contribution in [0.1, 0.15) is 31.4 Å². The standard InChI is InChI=1S/C15H17Cl2NO/c1-10(16)9-14(17)11(2)13-6-3-12(4-7-13)5-8-15(18)19/h3-4,6-7,9H,5,8H2,1-2H3,(H2,18,19)/b10-9+,14-11-. The molecule has 0 bridgehead atoms. The van der Waals surface area contributed by atoms with Crippen LogP contribution in [0.25, 0.3) is 5.57 Å². The number of aryl methyl sites for hydroxylation is 1. The number of hydrogen-bond donors (Lipinski definition) is 1. The van der Waals surface area contributed by atoms with Crippen LogP contribution >= 0.6 is 23.2 Å². The smallest absolute Gasteiger partial charge is 0.217 e. The fourth-order valence-electron chi connectivity index (χ4n) is 1.61. The summed E-state index contributed by atoms with van der Waals surface area (Å²) in [6.45, 7) is 3.72. The average molecular weight is 298 g/mol. The molecule has 0 saturated heterocycles. The van der Waals surface area contributed by atoms with E-state index in [1.165, 1.54) is 0 Å². The van der Waals surface area contributed by atoms with Gasteiger partial charge in [-0.05, 0) is 43.0 Å². The highest BCUT2D eigenvalue weighted by Gasteiger charge is 2.02. The lowest BCUT2D eigenvalue weighted by Crippen LogP contribution is -2.11. The zero-order valence-electron chi connectivity index (χ0n) is 11.0. The van der Waals surface area contributed by atoms with Crippen molar-refractivity contribution in [2.24, 2.45) is 5.73 Å². The second kappa shape index (κ2) is 7.37. The summed E-state index contributed by atoms with van der Waals surface area (Å²) < 4.78 is 0. The summed E-state index contributed by atoms with van der Waals surface area (Å²) in [6, 6.07) is 7.91. The summed E-state index contributed by atoms with van der Waals surface area (Å²) in [5.41, 5.74) is 8.19. The zero-order valence-corrected chi connectivity index (χ0v) is 12.6. The van der Waals surface area contributed by atoms with Gasteiger partial charge < -0.3 is 5.73 Å². The second-order valence-electron chi connectivity index (χ2n) is 4.37. The Hall–Kier alpha value is -1.25. The third kappa shape index (κ3) is 5.50. The SMILES string of the molecule is C/C(=C(Cl)\C=C(/C)Cl)c1ccc(CCC(N)=O)cc1. The van der Waals surface area contributed by atoms with Gasteiger partial charge in [-0.3, -0.25) is 4.79 Å². The number of rotatable bonds is 5. The van der Waals surface area contributed by atoms with Crippen LogP contribution in [0.5, 0.6) is 0 Å². The fraction of sp³-hybridized carbons (Fsp3) is 0.267. The molecule has 0 aliphatic rings. The Morgan fingerprint density at radius 2 is 1.79 bits per heavy atom. The molecule has 4 heteroatoms. The van der Waals surface area contributed by atoms with Gasteiger partial charge in [0, 0.05) is 16.5 Å². The molecule has 1 aromatic carbocycles. The molecule has 2 N–H and O–H groups in total. The normalized spacial score (nSPS) is 13.2. The third-order valence-corrected chi connectivity index (χ3v) is 3.23. The summed E-state index contributed by atoms with van der Waals surface area (Å²) in [7, 11) is 0. The minimum absolute atomic E-state index is 0.286. The average Bonchev–Trinajstić information content (AvgIpc) is 2.35. The van der Waals surface area contributed by atoms with Gasteiger partial charge in [-0.15, -0.1) is 0 Å². The number of nitrogens with two attached hydrogens (primary N) is 1. The van der Waals surface area contributed by atoms with Crippen LogP contribution in [-0.4, -0.2) is 5.91 Å². The van der Waals surface area contributed by atoms with Crippen LogP contribution in [0.4, 0.5) is 0 Å². The number of carbonyl (C=O) groups is 1. The van der Waals surface area contributed by atoms with Crippen molar-refractivity contribution in [3.8, 4) is 0 Å². The molecule has 1 amide bonds. The van der Waals surface area contributed by atoms with E-state index in [2.05, 4.69) is 0 Å². The maximum Gasteiger partial charge on any atom is 0.217 e. The maximum atomic E-state index is 10.7. The predicted octanol–water partition coefficient (Wildman–Crippen LogP) is 4.22. The lowest BCUT2D eigenvalue weighted by Gasteiger charge is -2.05.